The summed E-state index contributed by atoms with van der Waals surface area (Å²) in [7, 11) is 0. The molecule has 5 nitrogen and oxygen atoms in total. The second-order valence-electron chi connectivity index (χ2n) is 9.49. The number of amides is 2. The topological polar surface area (TPSA) is 61.4 Å². The Balaban J connectivity index is 1.43. The number of benzene rings is 2. The van der Waals surface area contributed by atoms with Gasteiger partial charge in [0.1, 0.15) is 0 Å². The number of hydrogen-bond acceptors (Lipinski definition) is 3. The second-order valence-corrected chi connectivity index (χ2v) is 9.49. The van der Waals surface area contributed by atoms with Gasteiger partial charge in [0.15, 0.2) is 0 Å². The molecule has 1 aliphatic carbocycles. The van der Waals surface area contributed by atoms with Crippen molar-refractivity contribution in [2.45, 2.75) is 83.7 Å². The monoisotopic (exact) mass is 447 g/mol. The van der Waals surface area contributed by atoms with Crippen LogP contribution in [-0.2, 0) is 17.8 Å². The van der Waals surface area contributed by atoms with Gasteiger partial charge in [-0.3, -0.25) is 9.59 Å². The van der Waals surface area contributed by atoms with E-state index in [0.717, 1.165) is 50.9 Å². The maximum absolute atomic E-state index is 13.1. The third-order valence-corrected chi connectivity index (χ3v) is 6.67. The SMILES string of the molecule is CCCCCCCCC(=O)Nc1ccc(N2CCc3ccccc3C2)c(C(=O)NC2CC2)c1. The Labute approximate surface area is 197 Å². The van der Waals surface area contributed by atoms with Gasteiger partial charge in [0.25, 0.3) is 5.91 Å². The number of unbranched alkanes of at least 4 members (excludes halogenated alkanes) is 5. The number of carbonyl (C=O) groups is 2. The molecule has 2 N–H and O–H groups in total. The molecule has 1 fully saturated rings. The highest BCUT2D eigenvalue weighted by molar-refractivity contribution is 6.02. The lowest BCUT2D eigenvalue weighted by Gasteiger charge is -2.32. The summed E-state index contributed by atoms with van der Waals surface area (Å²) in [4.78, 5) is 27.8. The van der Waals surface area contributed by atoms with Gasteiger partial charge in [0.2, 0.25) is 5.91 Å². The maximum atomic E-state index is 13.1. The minimum atomic E-state index is -0.0432. The number of rotatable bonds is 11. The molecule has 0 spiro atoms. The fourth-order valence-electron chi connectivity index (χ4n) is 4.55. The van der Waals surface area contributed by atoms with Crippen molar-refractivity contribution in [2.24, 2.45) is 0 Å². The molecular weight excluding hydrogens is 410 g/mol. The quantitative estimate of drug-likeness (QED) is 0.426. The molecule has 0 radical (unpaired) electrons. The van der Waals surface area contributed by atoms with Crippen LogP contribution in [0.25, 0.3) is 0 Å². The number of nitrogens with one attached hydrogen (secondary N) is 2. The number of fused-ring (bicyclic) bond motifs is 1. The van der Waals surface area contributed by atoms with Crippen LogP contribution in [-0.4, -0.2) is 24.4 Å². The highest BCUT2D eigenvalue weighted by Gasteiger charge is 2.27. The number of hydrogen-bond donors (Lipinski definition) is 2. The lowest BCUT2D eigenvalue weighted by Crippen LogP contribution is -2.33. The van der Waals surface area contributed by atoms with Crippen LogP contribution in [0.3, 0.4) is 0 Å². The molecule has 4 rings (SSSR count). The van der Waals surface area contributed by atoms with E-state index in [0.29, 0.717) is 23.7 Å². The average Bonchev–Trinajstić information content (AvgIpc) is 3.65. The van der Waals surface area contributed by atoms with Gasteiger partial charge in [0.05, 0.1) is 5.56 Å². The number of anilines is 2. The van der Waals surface area contributed by atoms with E-state index in [1.807, 2.05) is 18.2 Å². The van der Waals surface area contributed by atoms with Crippen LogP contribution in [0.1, 0.15) is 86.2 Å². The highest BCUT2D eigenvalue weighted by Crippen LogP contribution is 2.30. The molecule has 2 aromatic rings. The van der Waals surface area contributed by atoms with Gasteiger partial charge < -0.3 is 15.5 Å². The van der Waals surface area contributed by atoms with Crippen molar-refractivity contribution in [1.29, 1.82) is 0 Å². The summed E-state index contributed by atoms with van der Waals surface area (Å²) >= 11 is 0. The van der Waals surface area contributed by atoms with E-state index in [1.54, 1.807) is 0 Å². The largest absolute Gasteiger partial charge is 0.366 e. The molecular formula is C28H37N3O2. The minimum absolute atomic E-state index is 0.0266. The summed E-state index contributed by atoms with van der Waals surface area (Å²) in [5, 5.41) is 6.15. The maximum Gasteiger partial charge on any atom is 0.253 e. The van der Waals surface area contributed by atoms with Gasteiger partial charge >= 0.3 is 0 Å². The van der Waals surface area contributed by atoms with Gasteiger partial charge in [-0.15, -0.1) is 0 Å². The van der Waals surface area contributed by atoms with Crippen LogP contribution < -0.4 is 15.5 Å². The van der Waals surface area contributed by atoms with E-state index in [-0.39, 0.29) is 11.8 Å². The minimum Gasteiger partial charge on any atom is -0.366 e. The highest BCUT2D eigenvalue weighted by atomic mass is 16.2. The zero-order valence-corrected chi connectivity index (χ0v) is 19.9. The molecule has 1 saturated carbocycles. The average molecular weight is 448 g/mol. The Kier molecular flexibility index (Phi) is 8.03. The third-order valence-electron chi connectivity index (χ3n) is 6.67. The van der Waals surface area contributed by atoms with Gasteiger partial charge in [-0.25, -0.2) is 0 Å². The van der Waals surface area contributed by atoms with E-state index in [2.05, 4.69) is 46.7 Å². The zero-order chi connectivity index (χ0) is 23.0. The van der Waals surface area contributed by atoms with Gasteiger partial charge in [-0.05, 0) is 55.0 Å². The van der Waals surface area contributed by atoms with E-state index in [4.69, 9.17) is 0 Å². The fraction of sp³-hybridized carbons (Fsp3) is 0.500. The van der Waals surface area contributed by atoms with Crippen LogP contribution in [0.15, 0.2) is 42.5 Å². The van der Waals surface area contributed by atoms with Crippen molar-refractivity contribution in [3.63, 3.8) is 0 Å². The normalized spacial score (nSPS) is 15.1. The third kappa shape index (κ3) is 6.59. The molecule has 2 aromatic carbocycles. The van der Waals surface area contributed by atoms with Crippen LogP contribution in [0.2, 0.25) is 0 Å². The van der Waals surface area contributed by atoms with Crippen molar-refractivity contribution in [3.05, 3.63) is 59.2 Å². The molecule has 1 aliphatic heterocycles. The predicted molar refractivity (Wildman–Crippen MR) is 135 cm³/mol. The number of nitrogens with zero attached hydrogens (tertiary/aromatic N) is 1. The Morgan fingerprint density at radius 1 is 0.970 bits per heavy atom. The molecule has 0 aromatic heterocycles. The van der Waals surface area contributed by atoms with Crippen molar-refractivity contribution in [1.82, 2.24) is 5.32 Å². The molecule has 0 atom stereocenters. The lowest BCUT2D eigenvalue weighted by atomic mass is 9.98. The van der Waals surface area contributed by atoms with Crippen LogP contribution in [0.4, 0.5) is 11.4 Å². The molecule has 2 amide bonds. The Hall–Kier alpha value is -2.82. The van der Waals surface area contributed by atoms with E-state index >= 15 is 0 Å². The molecule has 33 heavy (non-hydrogen) atoms. The van der Waals surface area contributed by atoms with Crippen molar-refractivity contribution >= 4 is 23.2 Å². The van der Waals surface area contributed by atoms with E-state index in [9.17, 15) is 9.59 Å². The van der Waals surface area contributed by atoms with Gasteiger partial charge in [-0.1, -0.05) is 63.3 Å². The summed E-state index contributed by atoms with van der Waals surface area (Å²) in [5.74, 6) is -0.0166. The summed E-state index contributed by atoms with van der Waals surface area (Å²) in [6, 6.07) is 14.6. The lowest BCUT2D eigenvalue weighted by molar-refractivity contribution is -0.116. The summed E-state index contributed by atoms with van der Waals surface area (Å²) < 4.78 is 0. The van der Waals surface area contributed by atoms with Crippen molar-refractivity contribution < 1.29 is 9.59 Å². The molecule has 176 valence electrons. The molecule has 0 saturated heterocycles. The van der Waals surface area contributed by atoms with Gasteiger partial charge in [-0.2, -0.15) is 0 Å². The molecule has 2 aliphatic rings. The van der Waals surface area contributed by atoms with Crippen LogP contribution >= 0.6 is 0 Å². The fourth-order valence-corrected chi connectivity index (χ4v) is 4.55. The summed E-state index contributed by atoms with van der Waals surface area (Å²) in [6.07, 6.45) is 10.6. The second kappa shape index (κ2) is 11.4. The summed E-state index contributed by atoms with van der Waals surface area (Å²) in [6.45, 7) is 3.89. The molecule has 5 heteroatoms. The Morgan fingerprint density at radius 3 is 2.52 bits per heavy atom. The number of carbonyl (C=O) groups excluding carboxylic acids is 2. The Bertz CT molecular complexity index is 967. The molecule has 0 bridgehead atoms. The van der Waals surface area contributed by atoms with Gasteiger partial charge in [0, 0.05) is 36.9 Å². The van der Waals surface area contributed by atoms with Crippen molar-refractivity contribution in [2.75, 3.05) is 16.8 Å². The first kappa shape index (κ1) is 23.3. The first-order chi connectivity index (χ1) is 16.1. The first-order valence-corrected chi connectivity index (χ1v) is 12.7. The summed E-state index contributed by atoms with van der Waals surface area (Å²) in [5.41, 5.74) is 4.99. The standard InChI is InChI=1S/C28H37N3O2/c1-2-3-4-5-6-7-12-27(32)29-24-15-16-26(25(19-24)28(33)30-23-13-14-23)31-18-17-21-10-8-9-11-22(21)20-31/h8-11,15-16,19,23H,2-7,12-14,17-18,20H2,1H3,(H,29,32)(H,30,33). The zero-order valence-electron chi connectivity index (χ0n) is 19.9. The predicted octanol–water partition coefficient (Wildman–Crippen LogP) is 5.83. The van der Waals surface area contributed by atoms with Crippen molar-refractivity contribution in [3.8, 4) is 0 Å². The molecule has 0 unspecified atom stereocenters. The smallest absolute Gasteiger partial charge is 0.253 e. The Morgan fingerprint density at radius 2 is 1.73 bits per heavy atom. The molecule has 1 heterocycles. The first-order valence-electron chi connectivity index (χ1n) is 12.7. The van der Waals surface area contributed by atoms with Crippen LogP contribution in [0.5, 0.6) is 0 Å². The van der Waals surface area contributed by atoms with Crippen LogP contribution in [0, 0.1) is 0 Å². The van der Waals surface area contributed by atoms with E-state index < -0.39 is 0 Å². The van der Waals surface area contributed by atoms with E-state index in [1.165, 1.54) is 36.8 Å².